The molecule has 3 aliphatic rings. The number of aliphatic hydroxyl groups is 1. The minimum atomic E-state index is 0.0757. The normalized spacial score (nSPS) is 26.8. The first-order chi connectivity index (χ1) is 12.1. The van der Waals surface area contributed by atoms with E-state index >= 15 is 0 Å². The Balaban J connectivity index is 1.42. The van der Waals surface area contributed by atoms with Crippen molar-refractivity contribution in [3.05, 3.63) is 34.9 Å². The van der Waals surface area contributed by atoms with Gasteiger partial charge in [-0.2, -0.15) is 0 Å². The predicted octanol–water partition coefficient (Wildman–Crippen LogP) is 3.04. The SMILES string of the molecule is O=C(c1cccc(Cl)c1)N1CCC2(CC1)CN(C1CCC1)CC2CO. The molecular weight excluding hydrogens is 336 g/mol. The molecule has 2 aliphatic heterocycles. The molecule has 1 amide bonds. The molecule has 0 aromatic heterocycles. The molecule has 1 atom stereocenters. The third-order valence-corrected chi connectivity index (χ3v) is 7.00. The van der Waals surface area contributed by atoms with Gasteiger partial charge in [-0.1, -0.05) is 24.1 Å². The van der Waals surface area contributed by atoms with Crippen LogP contribution in [0.3, 0.4) is 0 Å². The van der Waals surface area contributed by atoms with E-state index in [2.05, 4.69) is 4.90 Å². The second-order valence-electron chi connectivity index (χ2n) is 8.06. The number of hydrogen-bond acceptors (Lipinski definition) is 3. The Hall–Kier alpha value is -1.10. The Morgan fingerprint density at radius 2 is 2.04 bits per heavy atom. The number of rotatable bonds is 3. The number of likely N-dealkylation sites (tertiary alicyclic amines) is 2. The van der Waals surface area contributed by atoms with Crippen LogP contribution < -0.4 is 0 Å². The summed E-state index contributed by atoms with van der Waals surface area (Å²) >= 11 is 6.03. The lowest BCUT2D eigenvalue weighted by atomic mass is 9.71. The van der Waals surface area contributed by atoms with Crippen LogP contribution in [0.2, 0.25) is 5.02 Å². The summed E-state index contributed by atoms with van der Waals surface area (Å²) in [5, 5.41) is 10.5. The first-order valence-electron chi connectivity index (χ1n) is 9.51. The minimum absolute atomic E-state index is 0.0757. The first kappa shape index (κ1) is 17.3. The van der Waals surface area contributed by atoms with Crippen LogP contribution in [0.5, 0.6) is 0 Å². The summed E-state index contributed by atoms with van der Waals surface area (Å²) < 4.78 is 0. The highest BCUT2D eigenvalue weighted by atomic mass is 35.5. The molecular formula is C20H27ClN2O2. The van der Waals surface area contributed by atoms with Gasteiger partial charge in [0.2, 0.25) is 0 Å². The van der Waals surface area contributed by atoms with E-state index in [0.29, 0.717) is 16.5 Å². The van der Waals surface area contributed by atoms with Gasteiger partial charge in [-0.25, -0.2) is 0 Å². The Labute approximate surface area is 154 Å². The number of carbonyl (C=O) groups excluding carboxylic acids is 1. The Morgan fingerprint density at radius 1 is 1.28 bits per heavy atom. The molecule has 3 fully saturated rings. The third kappa shape index (κ3) is 3.20. The van der Waals surface area contributed by atoms with Crippen LogP contribution in [0.4, 0.5) is 0 Å². The lowest BCUT2D eigenvalue weighted by molar-refractivity contribution is 0.0385. The van der Waals surface area contributed by atoms with Crippen LogP contribution >= 0.6 is 11.6 Å². The molecule has 2 saturated heterocycles. The van der Waals surface area contributed by atoms with E-state index in [9.17, 15) is 9.90 Å². The van der Waals surface area contributed by atoms with Gasteiger partial charge >= 0.3 is 0 Å². The fraction of sp³-hybridized carbons (Fsp3) is 0.650. The summed E-state index contributed by atoms with van der Waals surface area (Å²) in [6.45, 7) is 3.96. The van der Waals surface area contributed by atoms with Crippen molar-refractivity contribution in [3.8, 4) is 0 Å². The number of carbonyl (C=O) groups is 1. The molecule has 1 aromatic rings. The fourth-order valence-corrected chi connectivity index (χ4v) is 5.07. The second-order valence-corrected chi connectivity index (χ2v) is 8.50. The van der Waals surface area contributed by atoms with Crippen molar-refractivity contribution in [3.63, 3.8) is 0 Å². The standard InChI is InChI=1S/C20H27ClN2O2/c21-17-4-1-3-15(11-17)19(25)22-9-7-20(8-10-22)14-23(12-16(20)13-24)18-5-2-6-18/h1,3-4,11,16,18,24H,2,5-10,12-14H2. The monoisotopic (exact) mass is 362 g/mol. The Bertz CT molecular complexity index is 638. The van der Waals surface area contributed by atoms with Gasteiger partial charge in [0.1, 0.15) is 0 Å². The highest BCUT2D eigenvalue weighted by Crippen LogP contribution is 2.46. The Morgan fingerprint density at radius 3 is 2.64 bits per heavy atom. The molecule has 1 N–H and O–H groups in total. The van der Waals surface area contributed by atoms with Gasteiger partial charge in [-0.15, -0.1) is 0 Å². The summed E-state index contributed by atoms with van der Waals surface area (Å²) in [5.74, 6) is 0.434. The molecule has 1 unspecified atom stereocenters. The number of hydrogen-bond donors (Lipinski definition) is 1. The molecule has 1 spiro atoms. The fourth-order valence-electron chi connectivity index (χ4n) is 4.88. The van der Waals surface area contributed by atoms with Crippen molar-refractivity contribution in [2.24, 2.45) is 11.3 Å². The van der Waals surface area contributed by atoms with Gasteiger partial charge in [0.25, 0.3) is 5.91 Å². The largest absolute Gasteiger partial charge is 0.396 e. The second kappa shape index (κ2) is 6.90. The summed E-state index contributed by atoms with van der Waals surface area (Å²) in [4.78, 5) is 17.3. The highest BCUT2D eigenvalue weighted by molar-refractivity contribution is 6.30. The topological polar surface area (TPSA) is 43.8 Å². The van der Waals surface area contributed by atoms with E-state index in [-0.39, 0.29) is 17.9 Å². The van der Waals surface area contributed by atoms with Crippen molar-refractivity contribution in [1.82, 2.24) is 9.80 Å². The van der Waals surface area contributed by atoms with E-state index in [1.165, 1.54) is 19.3 Å². The molecule has 136 valence electrons. The molecule has 1 aromatic carbocycles. The summed E-state index contributed by atoms with van der Waals surface area (Å²) in [6.07, 6.45) is 5.96. The Kier molecular flexibility index (Phi) is 4.78. The van der Waals surface area contributed by atoms with Gasteiger partial charge in [0, 0.05) is 55.3 Å². The van der Waals surface area contributed by atoms with Gasteiger partial charge in [0.05, 0.1) is 0 Å². The first-order valence-corrected chi connectivity index (χ1v) is 9.89. The molecule has 4 rings (SSSR count). The van der Waals surface area contributed by atoms with Crippen molar-refractivity contribution < 1.29 is 9.90 Å². The van der Waals surface area contributed by atoms with Crippen molar-refractivity contribution in [1.29, 1.82) is 0 Å². The van der Waals surface area contributed by atoms with Crippen LogP contribution in [0.25, 0.3) is 0 Å². The van der Waals surface area contributed by atoms with Crippen LogP contribution in [0, 0.1) is 11.3 Å². The lowest BCUT2D eigenvalue weighted by Crippen LogP contribution is -2.47. The molecule has 4 nitrogen and oxygen atoms in total. The van der Waals surface area contributed by atoms with Crippen LogP contribution in [-0.2, 0) is 0 Å². The number of amides is 1. The smallest absolute Gasteiger partial charge is 0.253 e. The van der Waals surface area contributed by atoms with Crippen molar-refractivity contribution in [2.75, 3.05) is 32.8 Å². The van der Waals surface area contributed by atoms with Crippen LogP contribution in [-0.4, -0.2) is 59.6 Å². The molecule has 5 heteroatoms. The third-order valence-electron chi connectivity index (χ3n) is 6.77. The summed E-state index contributed by atoms with van der Waals surface area (Å²) in [6, 6.07) is 7.94. The van der Waals surface area contributed by atoms with Gasteiger partial charge in [-0.3, -0.25) is 9.69 Å². The average molecular weight is 363 g/mol. The highest BCUT2D eigenvalue weighted by Gasteiger charge is 2.49. The van der Waals surface area contributed by atoms with Crippen molar-refractivity contribution in [2.45, 2.75) is 38.1 Å². The molecule has 2 heterocycles. The molecule has 1 aliphatic carbocycles. The van der Waals surface area contributed by atoms with E-state index in [4.69, 9.17) is 11.6 Å². The van der Waals surface area contributed by atoms with Crippen LogP contribution in [0.15, 0.2) is 24.3 Å². The summed E-state index contributed by atoms with van der Waals surface area (Å²) in [7, 11) is 0. The number of halogens is 1. The zero-order valence-electron chi connectivity index (χ0n) is 14.7. The lowest BCUT2D eigenvalue weighted by Gasteiger charge is -2.43. The zero-order valence-corrected chi connectivity index (χ0v) is 15.4. The van der Waals surface area contributed by atoms with E-state index in [0.717, 1.165) is 45.1 Å². The van der Waals surface area contributed by atoms with Crippen molar-refractivity contribution >= 4 is 17.5 Å². The van der Waals surface area contributed by atoms with Gasteiger partial charge < -0.3 is 10.0 Å². The van der Waals surface area contributed by atoms with E-state index in [1.807, 2.05) is 17.0 Å². The van der Waals surface area contributed by atoms with Crippen LogP contribution in [0.1, 0.15) is 42.5 Å². The van der Waals surface area contributed by atoms with Gasteiger partial charge in [0.15, 0.2) is 0 Å². The average Bonchev–Trinajstić information content (AvgIpc) is 2.91. The maximum atomic E-state index is 12.7. The maximum Gasteiger partial charge on any atom is 0.253 e. The molecule has 1 saturated carbocycles. The van der Waals surface area contributed by atoms with Gasteiger partial charge in [-0.05, 0) is 49.3 Å². The number of aliphatic hydroxyl groups excluding tert-OH is 1. The number of piperidine rings is 1. The maximum absolute atomic E-state index is 12.7. The minimum Gasteiger partial charge on any atom is -0.396 e. The quantitative estimate of drug-likeness (QED) is 0.898. The number of nitrogens with zero attached hydrogens (tertiary/aromatic N) is 2. The van der Waals surface area contributed by atoms with E-state index in [1.54, 1.807) is 12.1 Å². The molecule has 0 bridgehead atoms. The number of benzene rings is 1. The molecule has 25 heavy (non-hydrogen) atoms. The summed E-state index contributed by atoms with van der Waals surface area (Å²) in [5.41, 5.74) is 0.861. The van der Waals surface area contributed by atoms with E-state index < -0.39 is 0 Å². The zero-order chi connectivity index (χ0) is 17.4. The predicted molar refractivity (Wildman–Crippen MR) is 98.8 cm³/mol. The molecule has 0 radical (unpaired) electrons.